The van der Waals surface area contributed by atoms with Crippen molar-refractivity contribution in [3.8, 4) is 5.75 Å². The van der Waals surface area contributed by atoms with E-state index in [9.17, 15) is 9.90 Å². The average molecular weight is 262 g/mol. The minimum Gasteiger partial charge on any atom is -0.508 e. The van der Waals surface area contributed by atoms with Crippen LogP contribution < -0.4 is 11.1 Å². The fourth-order valence-electron chi connectivity index (χ4n) is 2.29. The fourth-order valence-corrected chi connectivity index (χ4v) is 2.29. The van der Waals surface area contributed by atoms with Crippen molar-refractivity contribution in [2.45, 2.75) is 38.1 Å². The normalized spacial score (nSPS) is 16.7. The van der Waals surface area contributed by atoms with Gasteiger partial charge in [0, 0.05) is 6.54 Å². The zero-order valence-corrected chi connectivity index (χ0v) is 11.1. The second-order valence-corrected chi connectivity index (χ2v) is 5.35. The molecule has 0 bridgehead atoms. The van der Waals surface area contributed by atoms with Crippen molar-refractivity contribution in [2.75, 3.05) is 6.54 Å². The Hall–Kier alpha value is -1.55. The van der Waals surface area contributed by atoms with E-state index >= 15 is 0 Å². The molecule has 4 heteroatoms. The van der Waals surface area contributed by atoms with Gasteiger partial charge in [-0.1, -0.05) is 31.4 Å². The number of hydrogen-bond donors (Lipinski definition) is 3. The van der Waals surface area contributed by atoms with E-state index in [0.29, 0.717) is 6.42 Å². The van der Waals surface area contributed by atoms with Crippen LogP contribution in [-0.4, -0.2) is 23.6 Å². The Morgan fingerprint density at radius 2 is 2.05 bits per heavy atom. The number of phenols is 1. The van der Waals surface area contributed by atoms with Gasteiger partial charge in [0.1, 0.15) is 5.75 Å². The monoisotopic (exact) mass is 262 g/mol. The van der Waals surface area contributed by atoms with Crippen LogP contribution in [0.3, 0.4) is 0 Å². The van der Waals surface area contributed by atoms with E-state index in [4.69, 9.17) is 5.73 Å². The van der Waals surface area contributed by atoms with Crippen molar-refractivity contribution in [3.63, 3.8) is 0 Å². The Kier molecular flexibility index (Phi) is 4.80. The molecule has 1 aromatic rings. The molecule has 0 spiro atoms. The summed E-state index contributed by atoms with van der Waals surface area (Å²) >= 11 is 0. The largest absolute Gasteiger partial charge is 0.508 e. The Balaban J connectivity index is 1.70. The molecule has 0 heterocycles. The number of carbonyl (C=O) groups is 1. The SMILES string of the molecule is NC(Cc1ccc(O)cc1)C(=O)NCCC1CCC1. The lowest BCUT2D eigenvalue weighted by Gasteiger charge is -2.25. The highest BCUT2D eigenvalue weighted by Crippen LogP contribution is 2.28. The summed E-state index contributed by atoms with van der Waals surface area (Å²) < 4.78 is 0. The van der Waals surface area contributed by atoms with Gasteiger partial charge in [-0.3, -0.25) is 4.79 Å². The summed E-state index contributed by atoms with van der Waals surface area (Å²) in [6.07, 6.45) is 5.50. The lowest BCUT2D eigenvalue weighted by molar-refractivity contribution is -0.122. The molecule has 4 N–H and O–H groups in total. The number of carbonyl (C=O) groups excluding carboxylic acids is 1. The maximum Gasteiger partial charge on any atom is 0.237 e. The van der Waals surface area contributed by atoms with Crippen LogP contribution in [0.5, 0.6) is 5.75 Å². The summed E-state index contributed by atoms with van der Waals surface area (Å²) in [4.78, 5) is 11.8. The molecule has 19 heavy (non-hydrogen) atoms. The third-order valence-corrected chi connectivity index (χ3v) is 3.81. The van der Waals surface area contributed by atoms with Gasteiger partial charge in [0.2, 0.25) is 5.91 Å². The van der Waals surface area contributed by atoms with Crippen molar-refractivity contribution in [1.82, 2.24) is 5.32 Å². The van der Waals surface area contributed by atoms with Gasteiger partial charge in [0.25, 0.3) is 0 Å². The van der Waals surface area contributed by atoms with E-state index in [1.165, 1.54) is 19.3 Å². The molecule has 1 unspecified atom stereocenters. The highest BCUT2D eigenvalue weighted by Gasteiger charge is 2.18. The second-order valence-electron chi connectivity index (χ2n) is 5.35. The number of phenolic OH excluding ortho intramolecular Hbond substituents is 1. The van der Waals surface area contributed by atoms with Crippen molar-refractivity contribution in [2.24, 2.45) is 11.7 Å². The highest BCUT2D eigenvalue weighted by atomic mass is 16.3. The highest BCUT2D eigenvalue weighted by molar-refractivity contribution is 5.81. The van der Waals surface area contributed by atoms with Gasteiger partial charge in [0.05, 0.1) is 6.04 Å². The lowest BCUT2D eigenvalue weighted by Crippen LogP contribution is -2.42. The first-order valence-electron chi connectivity index (χ1n) is 6.96. The third kappa shape index (κ3) is 4.24. The van der Waals surface area contributed by atoms with Crippen LogP contribution in [0.4, 0.5) is 0 Å². The number of benzene rings is 1. The predicted octanol–water partition coefficient (Wildman–Crippen LogP) is 1.57. The molecule has 2 rings (SSSR count). The molecule has 0 aromatic heterocycles. The van der Waals surface area contributed by atoms with Crippen LogP contribution in [0.15, 0.2) is 24.3 Å². The van der Waals surface area contributed by atoms with Crippen LogP contribution >= 0.6 is 0 Å². The first-order chi connectivity index (χ1) is 9.15. The Morgan fingerprint density at radius 3 is 2.63 bits per heavy atom. The molecular weight excluding hydrogens is 240 g/mol. The molecule has 0 aliphatic heterocycles. The zero-order valence-electron chi connectivity index (χ0n) is 11.1. The van der Waals surface area contributed by atoms with Gasteiger partial charge in [-0.05, 0) is 36.5 Å². The number of amides is 1. The molecule has 0 saturated heterocycles. The van der Waals surface area contributed by atoms with Crippen molar-refractivity contribution >= 4 is 5.91 Å². The van der Waals surface area contributed by atoms with Crippen LogP contribution in [0, 0.1) is 5.92 Å². The molecule has 1 fully saturated rings. The minimum atomic E-state index is -0.522. The summed E-state index contributed by atoms with van der Waals surface area (Å²) in [6.45, 7) is 0.729. The predicted molar refractivity (Wildman–Crippen MR) is 74.8 cm³/mol. The molecule has 1 aliphatic rings. The molecule has 104 valence electrons. The second kappa shape index (κ2) is 6.57. The fraction of sp³-hybridized carbons (Fsp3) is 0.533. The van der Waals surface area contributed by atoms with Crippen molar-refractivity contribution in [1.29, 1.82) is 0 Å². The first-order valence-corrected chi connectivity index (χ1v) is 6.96. The topological polar surface area (TPSA) is 75.3 Å². The van der Waals surface area contributed by atoms with E-state index in [2.05, 4.69) is 5.32 Å². The van der Waals surface area contributed by atoms with Gasteiger partial charge < -0.3 is 16.2 Å². The average Bonchev–Trinajstić information content (AvgIpc) is 2.35. The molecule has 1 aromatic carbocycles. The molecule has 1 amide bonds. The number of hydrogen-bond acceptors (Lipinski definition) is 3. The number of aromatic hydroxyl groups is 1. The summed E-state index contributed by atoms with van der Waals surface area (Å²) in [6, 6.07) is 6.27. The lowest BCUT2D eigenvalue weighted by atomic mass is 9.83. The Labute approximate surface area is 114 Å². The zero-order chi connectivity index (χ0) is 13.7. The van der Waals surface area contributed by atoms with E-state index in [-0.39, 0.29) is 11.7 Å². The van der Waals surface area contributed by atoms with Crippen LogP contribution in [0.2, 0.25) is 0 Å². The minimum absolute atomic E-state index is 0.0904. The number of rotatable bonds is 6. The van der Waals surface area contributed by atoms with Crippen LogP contribution in [-0.2, 0) is 11.2 Å². The molecule has 1 aliphatic carbocycles. The van der Waals surface area contributed by atoms with Crippen LogP contribution in [0.25, 0.3) is 0 Å². The molecule has 1 atom stereocenters. The van der Waals surface area contributed by atoms with Gasteiger partial charge >= 0.3 is 0 Å². The third-order valence-electron chi connectivity index (χ3n) is 3.81. The van der Waals surface area contributed by atoms with E-state index in [0.717, 1.165) is 24.4 Å². The maximum absolute atomic E-state index is 11.8. The smallest absolute Gasteiger partial charge is 0.237 e. The van der Waals surface area contributed by atoms with Gasteiger partial charge in [-0.2, -0.15) is 0 Å². The van der Waals surface area contributed by atoms with Gasteiger partial charge in [-0.15, -0.1) is 0 Å². The molecule has 4 nitrogen and oxygen atoms in total. The summed E-state index contributed by atoms with van der Waals surface area (Å²) in [5.74, 6) is 0.934. The Morgan fingerprint density at radius 1 is 1.37 bits per heavy atom. The van der Waals surface area contributed by atoms with E-state index in [1.54, 1.807) is 24.3 Å². The van der Waals surface area contributed by atoms with Gasteiger partial charge in [-0.25, -0.2) is 0 Å². The van der Waals surface area contributed by atoms with Crippen molar-refractivity contribution < 1.29 is 9.90 Å². The quantitative estimate of drug-likeness (QED) is 0.728. The maximum atomic E-state index is 11.8. The van der Waals surface area contributed by atoms with E-state index < -0.39 is 6.04 Å². The van der Waals surface area contributed by atoms with E-state index in [1.807, 2.05) is 0 Å². The summed E-state index contributed by atoms with van der Waals surface area (Å²) in [5, 5.41) is 12.1. The van der Waals surface area contributed by atoms with Crippen molar-refractivity contribution in [3.05, 3.63) is 29.8 Å². The molecule has 1 saturated carbocycles. The summed E-state index contributed by atoms with van der Waals surface area (Å²) in [5.41, 5.74) is 6.83. The number of nitrogens with two attached hydrogens (primary N) is 1. The first kappa shape index (κ1) is 13.9. The standard InChI is InChI=1S/C15H22N2O2/c16-14(10-12-4-6-13(18)7-5-12)15(19)17-9-8-11-2-1-3-11/h4-7,11,14,18H,1-3,8-10,16H2,(H,17,19). The molecule has 0 radical (unpaired) electrons. The number of nitrogens with one attached hydrogen (secondary N) is 1. The molecular formula is C15H22N2O2. The summed E-state index contributed by atoms with van der Waals surface area (Å²) in [7, 11) is 0. The van der Waals surface area contributed by atoms with Gasteiger partial charge in [0.15, 0.2) is 0 Å². The van der Waals surface area contributed by atoms with Crippen LogP contribution in [0.1, 0.15) is 31.2 Å². The Bertz CT molecular complexity index is 413.